The fraction of sp³-hybridized carbons (Fsp3) is 0.889. The van der Waals surface area contributed by atoms with Gasteiger partial charge < -0.3 is 20.1 Å². The Bertz CT molecular complexity index is 281. The van der Waals surface area contributed by atoms with Crippen molar-refractivity contribution in [2.75, 3.05) is 26.3 Å². The Labute approximate surface area is 147 Å². The number of amides is 2. The smallest absolute Gasteiger partial charge is 0.407 e. The highest BCUT2D eigenvalue weighted by atomic mass is 16.6. The first-order chi connectivity index (χ1) is 11.7. The predicted molar refractivity (Wildman–Crippen MR) is 96.2 cm³/mol. The topological polar surface area (TPSA) is 76.7 Å². The van der Waals surface area contributed by atoms with Crippen LogP contribution in [0.3, 0.4) is 0 Å². The lowest BCUT2D eigenvalue weighted by Crippen LogP contribution is -2.26. The van der Waals surface area contributed by atoms with Crippen LogP contribution in [-0.4, -0.2) is 38.5 Å². The molecule has 0 saturated heterocycles. The summed E-state index contributed by atoms with van der Waals surface area (Å²) in [7, 11) is 0. The van der Waals surface area contributed by atoms with Crippen LogP contribution in [0.25, 0.3) is 0 Å². The molecular weight excluding hydrogens is 308 g/mol. The van der Waals surface area contributed by atoms with Crippen molar-refractivity contribution in [3.05, 3.63) is 0 Å². The average molecular weight is 344 g/mol. The summed E-state index contributed by atoms with van der Waals surface area (Å²) in [5.41, 5.74) is 0. The lowest BCUT2D eigenvalue weighted by molar-refractivity contribution is 0.142. The molecule has 0 aromatic carbocycles. The van der Waals surface area contributed by atoms with Crippen molar-refractivity contribution in [2.45, 2.75) is 78.1 Å². The van der Waals surface area contributed by atoms with E-state index in [1.165, 1.54) is 0 Å². The summed E-state index contributed by atoms with van der Waals surface area (Å²) < 4.78 is 10.1. The summed E-state index contributed by atoms with van der Waals surface area (Å²) in [6.45, 7) is 6.51. The van der Waals surface area contributed by atoms with Gasteiger partial charge in [-0.05, 0) is 25.7 Å². The Hall–Kier alpha value is -1.46. The van der Waals surface area contributed by atoms with Gasteiger partial charge >= 0.3 is 12.2 Å². The predicted octanol–water partition coefficient (Wildman–Crippen LogP) is 4.38. The number of hydrogen-bond acceptors (Lipinski definition) is 4. The Balaban J connectivity index is 3.24. The zero-order chi connectivity index (χ0) is 17.9. The number of ether oxygens (including phenoxy) is 2. The third kappa shape index (κ3) is 16.9. The van der Waals surface area contributed by atoms with E-state index >= 15 is 0 Å². The van der Waals surface area contributed by atoms with Crippen LogP contribution in [0.5, 0.6) is 0 Å². The third-order valence-corrected chi connectivity index (χ3v) is 3.60. The number of alkyl carbamates (subject to hydrolysis) is 2. The molecule has 0 unspecified atom stereocenters. The summed E-state index contributed by atoms with van der Waals surface area (Å²) in [6.07, 6.45) is 9.52. The molecule has 0 radical (unpaired) electrons. The summed E-state index contributed by atoms with van der Waals surface area (Å²) in [5.74, 6) is 0. The maximum absolute atomic E-state index is 11.3. The minimum atomic E-state index is -0.321. The Morgan fingerprint density at radius 1 is 0.625 bits per heavy atom. The van der Waals surface area contributed by atoms with Crippen molar-refractivity contribution in [3.63, 3.8) is 0 Å². The fourth-order valence-electron chi connectivity index (χ4n) is 2.12. The molecule has 0 aromatic heterocycles. The van der Waals surface area contributed by atoms with Gasteiger partial charge in [-0.2, -0.15) is 0 Å². The molecule has 0 bridgehead atoms. The summed E-state index contributed by atoms with van der Waals surface area (Å²) >= 11 is 0. The van der Waals surface area contributed by atoms with Crippen LogP contribution in [0, 0.1) is 0 Å². The minimum Gasteiger partial charge on any atom is -0.450 e. The molecule has 0 rings (SSSR count). The van der Waals surface area contributed by atoms with E-state index in [-0.39, 0.29) is 12.2 Å². The number of rotatable bonds is 15. The first kappa shape index (κ1) is 22.5. The molecule has 0 aliphatic heterocycles. The third-order valence-electron chi connectivity index (χ3n) is 3.60. The molecule has 6 nitrogen and oxygen atoms in total. The molecule has 2 amide bonds. The lowest BCUT2D eigenvalue weighted by Gasteiger charge is -2.07. The second-order valence-electron chi connectivity index (χ2n) is 5.95. The summed E-state index contributed by atoms with van der Waals surface area (Å²) in [4.78, 5) is 22.7. The van der Waals surface area contributed by atoms with E-state index in [9.17, 15) is 9.59 Å². The maximum Gasteiger partial charge on any atom is 0.407 e. The molecule has 6 heteroatoms. The number of hydrogen-bond donors (Lipinski definition) is 2. The molecule has 0 atom stereocenters. The Kier molecular flexibility index (Phi) is 16.8. The van der Waals surface area contributed by atoms with E-state index in [4.69, 9.17) is 9.47 Å². The highest BCUT2D eigenvalue weighted by Gasteiger charge is 2.01. The number of carbonyl (C=O) groups is 2. The van der Waals surface area contributed by atoms with E-state index < -0.39 is 0 Å². The van der Waals surface area contributed by atoms with E-state index in [2.05, 4.69) is 24.5 Å². The van der Waals surface area contributed by atoms with Gasteiger partial charge in [0.25, 0.3) is 0 Å². The first-order valence-corrected chi connectivity index (χ1v) is 9.52. The van der Waals surface area contributed by atoms with Crippen molar-refractivity contribution in [1.29, 1.82) is 0 Å². The molecule has 0 aliphatic rings. The maximum atomic E-state index is 11.3. The molecule has 0 aliphatic carbocycles. The van der Waals surface area contributed by atoms with Gasteiger partial charge in [-0.25, -0.2) is 9.59 Å². The SMILES string of the molecule is CCCCCOC(=O)NCCCCCCNC(=O)OCCCCC. The van der Waals surface area contributed by atoms with Crippen molar-refractivity contribution in [3.8, 4) is 0 Å². The van der Waals surface area contributed by atoms with Crippen LogP contribution >= 0.6 is 0 Å². The molecule has 0 fully saturated rings. The molecule has 142 valence electrons. The van der Waals surface area contributed by atoms with Gasteiger partial charge in [-0.3, -0.25) is 0 Å². The van der Waals surface area contributed by atoms with Crippen LogP contribution in [0.1, 0.15) is 78.1 Å². The van der Waals surface area contributed by atoms with Crippen molar-refractivity contribution < 1.29 is 19.1 Å². The second-order valence-corrected chi connectivity index (χ2v) is 5.95. The van der Waals surface area contributed by atoms with Crippen LogP contribution in [0.4, 0.5) is 9.59 Å². The standard InChI is InChI=1S/C18H36N2O4/c1-3-5-11-15-23-17(21)19-13-9-7-8-10-14-20-18(22)24-16-12-6-4-2/h3-16H2,1-2H3,(H,19,21)(H,20,22). The quantitative estimate of drug-likeness (QED) is 0.432. The van der Waals surface area contributed by atoms with Crippen molar-refractivity contribution >= 4 is 12.2 Å². The lowest BCUT2D eigenvalue weighted by atomic mass is 10.2. The largest absolute Gasteiger partial charge is 0.450 e. The van der Waals surface area contributed by atoms with Gasteiger partial charge in [0.2, 0.25) is 0 Å². The Morgan fingerprint density at radius 2 is 1.04 bits per heavy atom. The fourth-order valence-corrected chi connectivity index (χ4v) is 2.12. The molecule has 0 aromatic rings. The van der Waals surface area contributed by atoms with Gasteiger partial charge in [0, 0.05) is 13.1 Å². The van der Waals surface area contributed by atoms with Crippen molar-refractivity contribution in [1.82, 2.24) is 10.6 Å². The molecule has 0 saturated carbocycles. The molecular formula is C18H36N2O4. The number of carbonyl (C=O) groups excluding carboxylic acids is 2. The highest BCUT2D eigenvalue weighted by molar-refractivity contribution is 5.67. The molecule has 2 N–H and O–H groups in total. The van der Waals surface area contributed by atoms with Crippen molar-refractivity contribution in [2.24, 2.45) is 0 Å². The molecule has 0 spiro atoms. The van der Waals surface area contributed by atoms with E-state index in [0.29, 0.717) is 26.3 Å². The van der Waals surface area contributed by atoms with Crippen LogP contribution in [0.15, 0.2) is 0 Å². The highest BCUT2D eigenvalue weighted by Crippen LogP contribution is 1.99. The molecule has 24 heavy (non-hydrogen) atoms. The number of nitrogens with one attached hydrogen (secondary N) is 2. The zero-order valence-corrected chi connectivity index (χ0v) is 15.5. The summed E-state index contributed by atoms with van der Waals surface area (Å²) in [6, 6.07) is 0. The van der Waals surface area contributed by atoms with Crippen LogP contribution in [0.2, 0.25) is 0 Å². The first-order valence-electron chi connectivity index (χ1n) is 9.52. The van der Waals surface area contributed by atoms with E-state index in [0.717, 1.165) is 64.2 Å². The van der Waals surface area contributed by atoms with Gasteiger partial charge in [0.1, 0.15) is 0 Å². The van der Waals surface area contributed by atoms with Gasteiger partial charge in [0.05, 0.1) is 13.2 Å². The normalized spacial score (nSPS) is 10.2. The second kappa shape index (κ2) is 17.9. The van der Waals surface area contributed by atoms with Gasteiger partial charge in [0.15, 0.2) is 0 Å². The van der Waals surface area contributed by atoms with E-state index in [1.54, 1.807) is 0 Å². The monoisotopic (exact) mass is 344 g/mol. The molecule has 0 heterocycles. The Morgan fingerprint density at radius 3 is 1.42 bits per heavy atom. The van der Waals surface area contributed by atoms with Crippen LogP contribution in [-0.2, 0) is 9.47 Å². The van der Waals surface area contributed by atoms with Crippen LogP contribution < -0.4 is 10.6 Å². The summed E-state index contributed by atoms with van der Waals surface area (Å²) in [5, 5.41) is 5.50. The van der Waals surface area contributed by atoms with Gasteiger partial charge in [-0.15, -0.1) is 0 Å². The number of unbranched alkanes of at least 4 members (excludes halogenated alkanes) is 7. The zero-order valence-electron chi connectivity index (χ0n) is 15.5. The minimum absolute atomic E-state index is 0.321. The average Bonchev–Trinajstić information content (AvgIpc) is 2.58. The van der Waals surface area contributed by atoms with E-state index in [1.807, 2.05) is 0 Å². The van der Waals surface area contributed by atoms with Gasteiger partial charge in [-0.1, -0.05) is 52.4 Å².